The summed E-state index contributed by atoms with van der Waals surface area (Å²) >= 11 is 0. The van der Waals surface area contributed by atoms with E-state index < -0.39 is 23.9 Å². The molecule has 82 valence electrons. The largest absolute Gasteiger partial charge is 0.387 e. The van der Waals surface area contributed by atoms with Crippen LogP contribution in [0.15, 0.2) is 0 Å². The fraction of sp³-hybridized carbons (Fsp3) is 1.00. The normalized spacial score (nSPS) is 52.7. The summed E-state index contributed by atoms with van der Waals surface area (Å²) in [5.74, 6) is 0.695. The van der Waals surface area contributed by atoms with Gasteiger partial charge in [-0.25, -0.2) is 9.78 Å². The number of fused-ring (bicyclic) bond motifs is 3. The second-order valence-electron chi connectivity index (χ2n) is 4.96. The standard InChI is InChI=1S/C10H18O4/c1-5(2)6-4-7-10(3,12)9(11)8(6)14-13-7/h5-9,11-12H,4H2,1-3H3/t6-,7-,8+,9-,10+/m1/s1. The lowest BCUT2D eigenvalue weighted by Crippen LogP contribution is -2.67. The van der Waals surface area contributed by atoms with E-state index in [2.05, 4.69) is 13.8 Å². The van der Waals surface area contributed by atoms with Crippen molar-refractivity contribution in [2.24, 2.45) is 11.8 Å². The Labute approximate surface area is 83.8 Å². The summed E-state index contributed by atoms with van der Waals surface area (Å²) in [6.07, 6.45) is -0.890. The molecule has 0 amide bonds. The molecule has 3 fully saturated rings. The fourth-order valence-electron chi connectivity index (χ4n) is 2.42. The van der Waals surface area contributed by atoms with Crippen LogP contribution in [0.25, 0.3) is 0 Å². The highest BCUT2D eigenvalue weighted by molar-refractivity contribution is 5.04. The first kappa shape index (κ1) is 10.4. The van der Waals surface area contributed by atoms with Gasteiger partial charge in [0.25, 0.3) is 0 Å². The maximum absolute atomic E-state index is 9.98. The van der Waals surface area contributed by atoms with Gasteiger partial charge in [0.2, 0.25) is 0 Å². The lowest BCUT2D eigenvalue weighted by Gasteiger charge is -2.52. The SMILES string of the molecule is CC(C)[C@H]1C[C@H]2OO[C@@H]1[C@@H](O)[C@@]2(C)O. The second kappa shape index (κ2) is 3.17. The molecule has 14 heavy (non-hydrogen) atoms. The van der Waals surface area contributed by atoms with Crippen molar-refractivity contribution < 1.29 is 20.0 Å². The zero-order chi connectivity index (χ0) is 10.5. The Kier molecular flexibility index (Phi) is 2.34. The van der Waals surface area contributed by atoms with Gasteiger partial charge in [-0.05, 0) is 25.2 Å². The van der Waals surface area contributed by atoms with E-state index in [0.29, 0.717) is 5.92 Å². The number of aliphatic hydroxyl groups is 2. The summed E-state index contributed by atoms with van der Waals surface area (Å²) in [5, 5.41) is 19.9. The van der Waals surface area contributed by atoms with E-state index in [1.807, 2.05) is 0 Å². The van der Waals surface area contributed by atoms with Crippen molar-refractivity contribution in [3.63, 3.8) is 0 Å². The molecule has 2 aliphatic heterocycles. The highest BCUT2D eigenvalue weighted by Gasteiger charge is 2.57. The molecule has 0 aromatic heterocycles. The van der Waals surface area contributed by atoms with E-state index in [0.717, 1.165) is 6.42 Å². The molecule has 0 spiro atoms. The Bertz CT molecular complexity index is 220. The summed E-state index contributed by atoms with van der Waals surface area (Å²) in [4.78, 5) is 10.1. The van der Waals surface area contributed by atoms with E-state index in [1.54, 1.807) is 6.92 Å². The van der Waals surface area contributed by atoms with Gasteiger partial charge in [0.1, 0.15) is 23.9 Å². The Morgan fingerprint density at radius 2 is 2.00 bits per heavy atom. The summed E-state index contributed by atoms with van der Waals surface area (Å²) < 4.78 is 0. The smallest absolute Gasteiger partial charge is 0.125 e. The molecule has 3 rings (SSSR count). The first-order valence-electron chi connectivity index (χ1n) is 5.17. The number of hydrogen-bond acceptors (Lipinski definition) is 4. The maximum atomic E-state index is 9.98. The van der Waals surface area contributed by atoms with Crippen LogP contribution in [0.3, 0.4) is 0 Å². The molecule has 4 nitrogen and oxygen atoms in total. The summed E-state index contributed by atoms with van der Waals surface area (Å²) in [5.41, 5.74) is -1.17. The van der Waals surface area contributed by atoms with Crippen molar-refractivity contribution in [3.8, 4) is 0 Å². The highest BCUT2D eigenvalue weighted by Crippen LogP contribution is 2.43. The summed E-state index contributed by atoms with van der Waals surface area (Å²) in [7, 11) is 0. The predicted molar refractivity (Wildman–Crippen MR) is 49.3 cm³/mol. The van der Waals surface area contributed by atoms with Gasteiger partial charge in [-0.15, -0.1) is 0 Å². The molecular formula is C10H18O4. The van der Waals surface area contributed by atoms with Gasteiger partial charge in [0.05, 0.1) is 0 Å². The first-order valence-corrected chi connectivity index (χ1v) is 5.17. The number of aliphatic hydroxyl groups excluding tert-OH is 1. The minimum atomic E-state index is -1.17. The second-order valence-corrected chi connectivity index (χ2v) is 4.96. The first-order chi connectivity index (χ1) is 6.44. The van der Waals surface area contributed by atoms with Crippen molar-refractivity contribution >= 4 is 0 Å². The lowest BCUT2D eigenvalue weighted by molar-refractivity contribution is -0.467. The van der Waals surface area contributed by atoms with Crippen molar-refractivity contribution in [2.75, 3.05) is 0 Å². The van der Waals surface area contributed by atoms with Gasteiger partial charge in [-0.3, -0.25) is 0 Å². The number of rotatable bonds is 1. The molecule has 2 bridgehead atoms. The van der Waals surface area contributed by atoms with Crippen molar-refractivity contribution in [1.82, 2.24) is 0 Å². The van der Waals surface area contributed by atoms with Crippen LogP contribution in [-0.2, 0) is 9.78 Å². The zero-order valence-electron chi connectivity index (χ0n) is 8.80. The van der Waals surface area contributed by atoms with Gasteiger partial charge >= 0.3 is 0 Å². The Morgan fingerprint density at radius 1 is 1.36 bits per heavy atom. The molecule has 0 unspecified atom stereocenters. The van der Waals surface area contributed by atoms with E-state index >= 15 is 0 Å². The topological polar surface area (TPSA) is 58.9 Å². The average molecular weight is 202 g/mol. The molecule has 5 atom stereocenters. The van der Waals surface area contributed by atoms with Crippen molar-refractivity contribution in [1.29, 1.82) is 0 Å². The highest BCUT2D eigenvalue weighted by atomic mass is 17.2. The van der Waals surface area contributed by atoms with Crippen LogP contribution in [0.4, 0.5) is 0 Å². The van der Waals surface area contributed by atoms with Gasteiger partial charge < -0.3 is 10.2 Å². The molecular weight excluding hydrogens is 184 g/mol. The molecule has 2 N–H and O–H groups in total. The van der Waals surface area contributed by atoms with Gasteiger partial charge in [0.15, 0.2) is 0 Å². The number of hydrogen-bond donors (Lipinski definition) is 2. The molecule has 1 aliphatic carbocycles. The predicted octanol–water partition coefficient (Wildman–Crippen LogP) is 0.473. The third-order valence-corrected chi connectivity index (χ3v) is 3.61. The van der Waals surface area contributed by atoms with E-state index in [4.69, 9.17) is 9.78 Å². The van der Waals surface area contributed by atoms with Crippen LogP contribution < -0.4 is 0 Å². The van der Waals surface area contributed by atoms with Gasteiger partial charge in [-0.1, -0.05) is 13.8 Å². The van der Waals surface area contributed by atoms with E-state index in [-0.39, 0.29) is 5.92 Å². The van der Waals surface area contributed by atoms with Crippen molar-refractivity contribution in [3.05, 3.63) is 0 Å². The van der Waals surface area contributed by atoms with Crippen LogP contribution in [0.1, 0.15) is 27.2 Å². The molecule has 4 heteroatoms. The third kappa shape index (κ3) is 1.29. The molecule has 2 saturated heterocycles. The molecule has 1 saturated carbocycles. The minimum Gasteiger partial charge on any atom is -0.387 e. The lowest BCUT2D eigenvalue weighted by atomic mass is 9.69. The van der Waals surface area contributed by atoms with Crippen LogP contribution in [0, 0.1) is 11.8 Å². The zero-order valence-corrected chi connectivity index (χ0v) is 8.80. The molecule has 0 radical (unpaired) electrons. The van der Waals surface area contributed by atoms with E-state index in [9.17, 15) is 10.2 Å². The van der Waals surface area contributed by atoms with Crippen LogP contribution in [-0.4, -0.2) is 34.1 Å². The molecule has 0 aromatic carbocycles. The molecule has 0 aromatic rings. The van der Waals surface area contributed by atoms with Crippen LogP contribution in [0.2, 0.25) is 0 Å². The fourth-order valence-corrected chi connectivity index (χ4v) is 2.42. The summed E-state index contributed by atoms with van der Waals surface area (Å²) in [6, 6.07) is 0. The van der Waals surface area contributed by atoms with Gasteiger partial charge in [-0.2, -0.15) is 0 Å². The minimum absolute atomic E-state index is 0.268. The van der Waals surface area contributed by atoms with E-state index in [1.165, 1.54) is 0 Å². The Morgan fingerprint density at radius 3 is 2.50 bits per heavy atom. The average Bonchev–Trinajstić information content (AvgIpc) is 2.13. The van der Waals surface area contributed by atoms with Crippen LogP contribution >= 0.6 is 0 Å². The van der Waals surface area contributed by atoms with Crippen molar-refractivity contribution in [2.45, 2.75) is 51.1 Å². The summed E-state index contributed by atoms with van der Waals surface area (Å²) in [6.45, 7) is 5.79. The Balaban J connectivity index is 2.22. The molecule has 3 aliphatic rings. The maximum Gasteiger partial charge on any atom is 0.125 e. The molecule has 2 heterocycles. The quantitative estimate of drug-likeness (QED) is 0.607. The Hall–Kier alpha value is -0.160. The van der Waals surface area contributed by atoms with Gasteiger partial charge in [0, 0.05) is 0 Å². The van der Waals surface area contributed by atoms with Crippen LogP contribution in [0.5, 0.6) is 0 Å². The third-order valence-electron chi connectivity index (χ3n) is 3.61. The monoisotopic (exact) mass is 202 g/mol.